The first kappa shape index (κ1) is 12.9. The molecule has 1 aromatic heterocycles. The summed E-state index contributed by atoms with van der Waals surface area (Å²) in [6, 6.07) is 0. The third kappa shape index (κ3) is 2.83. The van der Waals surface area contributed by atoms with E-state index in [0.29, 0.717) is 5.25 Å². The Morgan fingerprint density at radius 2 is 2.35 bits per heavy atom. The van der Waals surface area contributed by atoms with Gasteiger partial charge in [0.2, 0.25) is 5.89 Å². The molecule has 0 spiro atoms. The van der Waals surface area contributed by atoms with Gasteiger partial charge in [-0.05, 0) is 31.1 Å². The maximum atomic E-state index is 5.44. The van der Waals surface area contributed by atoms with Crippen LogP contribution in [0.15, 0.2) is 4.52 Å². The third-order valence-corrected chi connectivity index (χ3v) is 4.36. The first-order valence-corrected chi connectivity index (χ1v) is 7.41. The quantitative estimate of drug-likeness (QED) is 0.876. The van der Waals surface area contributed by atoms with E-state index in [-0.39, 0.29) is 5.54 Å². The number of nitrogens with one attached hydrogen (secondary N) is 1. The van der Waals surface area contributed by atoms with Crippen LogP contribution in [0.5, 0.6) is 0 Å². The maximum absolute atomic E-state index is 5.44. The highest BCUT2D eigenvalue weighted by atomic mass is 32.2. The molecule has 1 aliphatic heterocycles. The lowest BCUT2D eigenvalue weighted by molar-refractivity contribution is 0.249. The van der Waals surface area contributed by atoms with Crippen molar-refractivity contribution in [3.05, 3.63) is 11.7 Å². The van der Waals surface area contributed by atoms with E-state index < -0.39 is 0 Å². The van der Waals surface area contributed by atoms with Crippen LogP contribution < -0.4 is 5.32 Å². The molecule has 1 aliphatic rings. The van der Waals surface area contributed by atoms with Crippen molar-refractivity contribution >= 4 is 11.8 Å². The Balaban J connectivity index is 2.06. The molecule has 0 aromatic carbocycles. The van der Waals surface area contributed by atoms with E-state index in [1.54, 1.807) is 0 Å². The average Bonchev–Trinajstić information content (AvgIpc) is 2.96. The van der Waals surface area contributed by atoms with Crippen molar-refractivity contribution in [2.75, 3.05) is 6.54 Å². The van der Waals surface area contributed by atoms with Crippen molar-refractivity contribution in [1.82, 2.24) is 15.5 Å². The monoisotopic (exact) mass is 255 g/mol. The molecule has 0 aliphatic carbocycles. The number of hydrogen-bond donors (Lipinski definition) is 1. The Hall–Kier alpha value is -0.550. The van der Waals surface area contributed by atoms with Gasteiger partial charge in [0, 0.05) is 0 Å². The third-order valence-electron chi connectivity index (χ3n) is 3.27. The molecule has 1 aromatic rings. The van der Waals surface area contributed by atoms with Crippen molar-refractivity contribution in [3.63, 3.8) is 0 Å². The number of hydrogen-bond acceptors (Lipinski definition) is 5. The van der Waals surface area contributed by atoms with E-state index in [1.165, 1.54) is 6.42 Å². The van der Waals surface area contributed by atoms with Crippen molar-refractivity contribution in [3.8, 4) is 0 Å². The van der Waals surface area contributed by atoms with Gasteiger partial charge in [-0.1, -0.05) is 25.9 Å². The minimum absolute atomic E-state index is 0.0618. The van der Waals surface area contributed by atoms with Crippen LogP contribution >= 0.6 is 11.8 Å². The van der Waals surface area contributed by atoms with Crippen molar-refractivity contribution in [2.24, 2.45) is 0 Å². The van der Waals surface area contributed by atoms with E-state index in [4.69, 9.17) is 4.52 Å². The smallest absolute Gasteiger partial charge is 0.246 e. The molecular weight excluding hydrogens is 234 g/mol. The predicted octanol–water partition coefficient (Wildman–Crippen LogP) is 2.70. The highest BCUT2D eigenvalue weighted by Gasteiger charge is 2.38. The van der Waals surface area contributed by atoms with Gasteiger partial charge in [-0.15, -0.1) is 0 Å². The first-order valence-electron chi connectivity index (χ1n) is 6.36. The van der Waals surface area contributed by atoms with Crippen LogP contribution in [0.2, 0.25) is 0 Å². The highest BCUT2D eigenvalue weighted by Crippen LogP contribution is 2.33. The molecule has 1 saturated heterocycles. The summed E-state index contributed by atoms with van der Waals surface area (Å²) in [6.45, 7) is 7.58. The molecule has 5 heteroatoms. The minimum atomic E-state index is -0.0618. The van der Waals surface area contributed by atoms with Crippen molar-refractivity contribution in [2.45, 2.75) is 56.6 Å². The van der Waals surface area contributed by atoms with Crippen LogP contribution in [0.4, 0.5) is 0 Å². The summed E-state index contributed by atoms with van der Waals surface area (Å²) in [5.74, 6) is 2.43. The minimum Gasteiger partial charge on any atom is -0.337 e. The lowest BCUT2D eigenvalue weighted by Crippen LogP contribution is -2.36. The normalized spacial score (nSPS) is 24.7. The molecular formula is C12H21N3OS. The van der Waals surface area contributed by atoms with Crippen molar-refractivity contribution in [1.29, 1.82) is 0 Å². The zero-order valence-corrected chi connectivity index (χ0v) is 11.6. The lowest BCUT2D eigenvalue weighted by atomic mass is 9.94. The number of rotatable bonds is 5. The molecule has 2 heterocycles. The Morgan fingerprint density at radius 1 is 1.53 bits per heavy atom. The number of aromatic nitrogens is 2. The molecule has 2 rings (SSSR count). The first-order chi connectivity index (χ1) is 8.16. The second-order valence-electron chi connectivity index (χ2n) is 4.84. The largest absolute Gasteiger partial charge is 0.337 e. The van der Waals surface area contributed by atoms with Gasteiger partial charge < -0.3 is 9.84 Å². The summed E-state index contributed by atoms with van der Waals surface area (Å²) < 4.78 is 5.44. The molecule has 17 heavy (non-hydrogen) atoms. The second kappa shape index (κ2) is 5.40. The second-order valence-corrected chi connectivity index (χ2v) is 6.41. The SMILES string of the molecule is CCC1(c2nc(CSC(C)C)no2)CCCN1. The fourth-order valence-corrected chi connectivity index (χ4v) is 2.79. The van der Waals surface area contributed by atoms with Gasteiger partial charge in [-0.3, -0.25) is 0 Å². The summed E-state index contributed by atoms with van der Waals surface area (Å²) in [4.78, 5) is 4.55. The van der Waals surface area contributed by atoms with Gasteiger partial charge >= 0.3 is 0 Å². The Morgan fingerprint density at radius 3 is 2.94 bits per heavy atom. The van der Waals surface area contributed by atoms with Crippen LogP contribution in [-0.4, -0.2) is 21.9 Å². The van der Waals surface area contributed by atoms with Crippen LogP contribution in [-0.2, 0) is 11.3 Å². The summed E-state index contributed by atoms with van der Waals surface area (Å²) in [6.07, 6.45) is 3.29. The van der Waals surface area contributed by atoms with Gasteiger partial charge in [-0.2, -0.15) is 16.7 Å². The molecule has 0 radical (unpaired) electrons. The van der Waals surface area contributed by atoms with Gasteiger partial charge in [-0.25, -0.2) is 0 Å². The average molecular weight is 255 g/mol. The van der Waals surface area contributed by atoms with E-state index >= 15 is 0 Å². The summed E-state index contributed by atoms with van der Waals surface area (Å²) >= 11 is 1.84. The highest BCUT2D eigenvalue weighted by molar-refractivity contribution is 7.99. The molecule has 1 unspecified atom stereocenters. The predicted molar refractivity (Wildman–Crippen MR) is 69.9 cm³/mol. The standard InChI is InChI=1S/C12H21N3OS/c1-4-12(6-5-7-13-12)11-14-10(15-16-11)8-17-9(2)3/h9,13H,4-8H2,1-3H3. The summed E-state index contributed by atoms with van der Waals surface area (Å²) in [7, 11) is 0. The topological polar surface area (TPSA) is 51.0 Å². The summed E-state index contributed by atoms with van der Waals surface area (Å²) in [5, 5.41) is 8.19. The zero-order valence-electron chi connectivity index (χ0n) is 10.8. The van der Waals surface area contributed by atoms with Crippen LogP contribution in [0.3, 0.4) is 0 Å². The lowest BCUT2D eigenvalue weighted by Gasteiger charge is -2.22. The molecule has 0 bridgehead atoms. The number of nitrogens with zero attached hydrogens (tertiary/aromatic N) is 2. The van der Waals surface area contributed by atoms with E-state index in [2.05, 4.69) is 36.2 Å². The van der Waals surface area contributed by atoms with Crippen LogP contribution in [0.1, 0.15) is 51.7 Å². The van der Waals surface area contributed by atoms with Crippen molar-refractivity contribution < 1.29 is 4.52 Å². The van der Waals surface area contributed by atoms with Gasteiger partial charge in [0.25, 0.3) is 0 Å². The maximum Gasteiger partial charge on any atom is 0.246 e. The molecule has 4 nitrogen and oxygen atoms in total. The molecule has 0 saturated carbocycles. The van der Waals surface area contributed by atoms with Gasteiger partial charge in [0.05, 0.1) is 11.3 Å². The van der Waals surface area contributed by atoms with Gasteiger partial charge in [0.15, 0.2) is 5.82 Å². The van der Waals surface area contributed by atoms with E-state index in [1.807, 2.05) is 11.8 Å². The molecule has 1 fully saturated rings. The molecule has 96 valence electrons. The van der Waals surface area contributed by atoms with Crippen LogP contribution in [0, 0.1) is 0 Å². The van der Waals surface area contributed by atoms with E-state index in [9.17, 15) is 0 Å². The summed E-state index contributed by atoms with van der Waals surface area (Å²) in [5.41, 5.74) is -0.0618. The van der Waals surface area contributed by atoms with Gasteiger partial charge in [0.1, 0.15) is 0 Å². The Kier molecular flexibility index (Phi) is 4.09. The molecule has 1 N–H and O–H groups in total. The zero-order chi connectivity index (χ0) is 12.3. The van der Waals surface area contributed by atoms with E-state index in [0.717, 1.165) is 36.9 Å². The van der Waals surface area contributed by atoms with Crippen LogP contribution in [0.25, 0.3) is 0 Å². The fourth-order valence-electron chi connectivity index (χ4n) is 2.19. The number of thioether (sulfide) groups is 1. The molecule has 1 atom stereocenters. The fraction of sp³-hybridized carbons (Fsp3) is 0.833. The Labute approximate surface area is 107 Å². The Bertz CT molecular complexity index is 358. The molecule has 0 amide bonds.